The van der Waals surface area contributed by atoms with E-state index in [1.165, 1.54) is 22.8 Å². The molecule has 0 N–H and O–H groups in total. The predicted octanol–water partition coefficient (Wildman–Crippen LogP) is 4.74. The summed E-state index contributed by atoms with van der Waals surface area (Å²) in [5, 5.41) is 0.158. The largest absolute Gasteiger partial charge is 0.486 e. The molecule has 0 unspecified atom stereocenters. The Hall–Kier alpha value is -3.78. The summed E-state index contributed by atoms with van der Waals surface area (Å²) in [4.78, 5) is 57.5. The van der Waals surface area contributed by atoms with Gasteiger partial charge in [0.2, 0.25) is 6.54 Å². The quantitative estimate of drug-likeness (QED) is 0.177. The number of aryl methyl sites for hydroxylation is 3. The highest BCUT2D eigenvalue weighted by Gasteiger charge is 2.35. The fourth-order valence-electron chi connectivity index (χ4n) is 4.49. The zero-order valence-electron chi connectivity index (χ0n) is 23.6. The van der Waals surface area contributed by atoms with Gasteiger partial charge >= 0.3 is 11.7 Å². The van der Waals surface area contributed by atoms with Gasteiger partial charge in [-0.15, -0.1) is 11.3 Å². The number of fused-ring (bicyclic) bond motifs is 1. The number of carbonyl (C=O) groups excluding carboxylic acids is 2. The SMILES string of the molecule is [C-]#[N+]CCOc1ccc(F)cc1CCn1c(=O)n(C(C)(C)C(=O)CC(C)C)c(=O)c2c(C)c(C(=O)OCC)sc21. The smallest absolute Gasteiger partial charge is 0.348 e. The first kappa shape index (κ1) is 30.8. The van der Waals surface area contributed by atoms with E-state index in [4.69, 9.17) is 16.0 Å². The molecule has 1 aromatic carbocycles. The summed E-state index contributed by atoms with van der Waals surface area (Å²) in [6.45, 7) is 17.5. The van der Waals surface area contributed by atoms with Crippen LogP contribution in [0.15, 0.2) is 27.8 Å². The Kier molecular flexibility index (Phi) is 9.69. The number of benzene rings is 1. The zero-order valence-corrected chi connectivity index (χ0v) is 24.4. The van der Waals surface area contributed by atoms with Crippen LogP contribution < -0.4 is 16.0 Å². The lowest BCUT2D eigenvalue weighted by atomic mass is 9.91. The molecule has 0 aliphatic heterocycles. The molecule has 0 fully saturated rings. The molecular weight excluding hydrogens is 537 g/mol. The minimum absolute atomic E-state index is 0.00885. The van der Waals surface area contributed by atoms with Crippen LogP contribution in [0.5, 0.6) is 5.75 Å². The Labute approximate surface area is 236 Å². The van der Waals surface area contributed by atoms with E-state index in [1.54, 1.807) is 27.7 Å². The molecule has 11 heteroatoms. The molecular formula is C29H34FN3O6S. The van der Waals surface area contributed by atoms with Crippen molar-refractivity contribution in [3.05, 3.63) is 72.3 Å². The molecule has 2 aromatic heterocycles. The van der Waals surface area contributed by atoms with Crippen LogP contribution in [0.4, 0.5) is 4.39 Å². The average Bonchev–Trinajstić information content (AvgIpc) is 3.22. The van der Waals surface area contributed by atoms with Crippen molar-refractivity contribution in [1.82, 2.24) is 9.13 Å². The maximum atomic E-state index is 14.2. The minimum Gasteiger partial charge on any atom is -0.486 e. The first-order valence-corrected chi connectivity index (χ1v) is 13.9. The van der Waals surface area contributed by atoms with Crippen LogP contribution in [-0.2, 0) is 28.0 Å². The highest BCUT2D eigenvalue weighted by atomic mass is 32.1. The Balaban J connectivity index is 2.24. The van der Waals surface area contributed by atoms with E-state index < -0.39 is 28.6 Å². The van der Waals surface area contributed by atoms with Crippen LogP contribution in [0.25, 0.3) is 15.1 Å². The van der Waals surface area contributed by atoms with E-state index in [0.717, 1.165) is 15.9 Å². The van der Waals surface area contributed by atoms with Crippen molar-refractivity contribution in [2.24, 2.45) is 5.92 Å². The van der Waals surface area contributed by atoms with Gasteiger partial charge in [-0.1, -0.05) is 13.8 Å². The molecule has 0 saturated carbocycles. The van der Waals surface area contributed by atoms with Crippen LogP contribution in [0, 0.1) is 25.2 Å². The number of hydrogen-bond donors (Lipinski definition) is 0. The second kappa shape index (κ2) is 12.6. The molecule has 0 saturated heterocycles. The second-order valence-corrected chi connectivity index (χ2v) is 11.3. The number of carbonyl (C=O) groups is 2. The van der Waals surface area contributed by atoms with E-state index in [9.17, 15) is 23.6 Å². The number of thiophene rings is 1. The fourth-order valence-corrected chi connectivity index (χ4v) is 5.70. The van der Waals surface area contributed by atoms with Gasteiger partial charge in [-0.3, -0.25) is 14.2 Å². The second-order valence-electron chi connectivity index (χ2n) is 10.3. The molecule has 0 aliphatic rings. The summed E-state index contributed by atoms with van der Waals surface area (Å²) in [5.74, 6) is -0.980. The fraction of sp³-hybridized carbons (Fsp3) is 0.483. The van der Waals surface area contributed by atoms with Crippen molar-refractivity contribution >= 4 is 33.3 Å². The number of ether oxygens (including phenoxy) is 2. The maximum absolute atomic E-state index is 14.2. The summed E-state index contributed by atoms with van der Waals surface area (Å²) in [7, 11) is 0. The third-order valence-electron chi connectivity index (χ3n) is 6.60. The van der Waals surface area contributed by atoms with Crippen LogP contribution in [-0.4, -0.2) is 40.6 Å². The first-order valence-electron chi connectivity index (χ1n) is 13.1. The van der Waals surface area contributed by atoms with Crippen molar-refractivity contribution < 1.29 is 23.5 Å². The minimum atomic E-state index is -1.46. The van der Waals surface area contributed by atoms with Gasteiger partial charge in [-0.25, -0.2) is 25.1 Å². The van der Waals surface area contributed by atoms with Gasteiger partial charge in [0.05, 0.1) is 12.0 Å². The molecule has 3 aromatic rings. The Bertz CT molecular complexity index is 1590. The maximum Gasteiger partial charge on any atom is 0.348 e. The number of hydrogen-bond acceptors (Lipinski definition) is 7. The molecule has 0 radical (unpaired) electrons. The van der Waals surface area contributed by atoms with Crippen LogP contribution >= 0.6 is 11.3 Å². The van der Waals surface area contributed by atoms with Gasteiger partial charge in [0.25, 0.3) is 5.56 Å². The molecule has 40 heavy (non-hydrogen) atoms. The Morgan fingerprint density at radius 1 is 1.23 bits per heavy atom. The zero-order chi connectivity index (χ0) is 29.8. The topological polar surface area (TPSA) is 101 Å². The molecule has 0 amide bonds. The van der Waals surface area contributed by atoms with Gasteiger partial charge in [0.15, 0.2) is 12.4 Å². The van der Waals surface area contributed by atoms with Crippen molar-refractivity contribution in [3.63, 3.8) is 0 Å². The van der Waals surface area contributed by atoms with E-state index in [1.807, 2.05) is 13.8 Å². The van der Waals surface area contributed by atoms with E-state index >= 15 is 0 Å². The standard InChI is InChI=1S/C29H34FN3O6S/c1-8-38-27(36)24-18(4)23-25(35)33(29(5,6)22(34)15-17(2)3)28(37)32(26(23)40-24)13-11-19-16-20(30)9-10-21(19)39-14-12-31-7/h9-10,16-17H,8,11-15H2,1-6H3. The number of ketones is 1. The number of halogens is 1. The lowest BCUT2D eigenvalue weighted by Gasteiger charge is -2.27. The van der Waals surface area contributed by atoms with Crippen LogP contribution in [0.3, 0.4) is 0 Å². The van der Waals surface area contributed by atoms with Crippen molar-refractivity contribution in [2.75, 3.05) is 19.8 Å². The summed E-state index contributed by atoms with van der Waals surface area (Å²) in [5.41, 5.74) is -1.98. The third-order valence-corrected chi connectivity index (χ3v) is 7.89. The number of Topliss-reactive ketones (excluding diaryl/α,β-unsaturated/α-hetero) is 1. The molecule has 0 bridgehead atoms. The van der Waals surface area contributed by atoms with Gasteiger partial charge in [0.1, 0.15) is 26.8 Å². The summed E-state index contributed by atoms with van der Waals surface area (Å²) >= 11 is 0.976. The Morgan fingerprint density at radius 2 is 1.93 bits per heavy atom. The number of rotatable bonds is 12. The molecule has 2 heterocycles. The van der Waals surface area contributed by atoms with Crippen LogP contribution in [0.2, 0.25) is 0 Å². The number of aromatic nitrogens is 2. The molecule has 9 nitrogen and oxygen atoms in total. The molecule has 0 atom stereocenters. The van der Waals surface area contributed by atoms with Gasteiger partial charge in [0, 0.05) is 13.0 Å². The first-order chi connectivity index (χ1) is 18.8. The Morgan fingerprint density at radius 3 is 2.55 bits per heavy atom. The number of esters is 1. The molecule has 0 aliphatic carbocycles. The van der Waals surface area contributed by atoms with Gasteiger partial charge in [-0.05, 0) is 69.4 Å². The van der Waals surface area contributed by atoms with E-state index in [-0.39, 0.29) is 65.9 Å². The predicted molar refractivity (Wildman–Crippen MR) is 152 cm³/mol. The molecule has 0 spiro atoms. The van der Waals surface area contributed by atoms with Gasteiger partial charge < -0.3 is 14.3 Å². The lowest BCUT2D eigenvalue weighted by Crippen LogP contribution is -2.52. The summed E-state index contributed by atoms with van der Waals surface area (Å²) in [6.07, 6.45) is 0.312. The molecule has 3 rings (SSSR count). The molecule has 214 valence electrons. The highest BCUT2D eigenvalue weighted by Crippen LogP contribution is 2.30. The highest BCUT2D eigenvalue weighted by molar-refractivity contribution is 7.20. The van der Waals surface area contributed by atoms with Crippen LogP contribution in [0.1, 0.15) is 61.8 Å². The van der Waals surface area contributed by atoms with Crippen molar-refractivity contribution in [2.45, 2.75) is 66.5 Å². The average molecular weight is 572 g/mol. The summed E-state index contributed by atoms with van der Waals surface area (Å²) in [6, 6.07) is 4.01. The van der Waals surface area contributed by atoms with E-state index in [0.29, 0.717) is 16.9 Å². The van der Waals surface area contributed by atoms with Gasteiger partial charge in [-0.2, -0.15) is 0 Å². The summed E-state index contributed by atoms with van der Waals surface area (Å²) < 4.78 is 27.3. The monoisotopic (exact) mass is 571 g/mol. The lowest BCUT2D eigenvalue weighted by molar-refractivity contribution is -0.127. The normalized spacial score (nSPS) is 11.6. The van der Waals surface area contributed by atoms with E-state index in [2.05, 4.69) is 4.85 Å². The third kappa shape index (κ3) is 6.17. The van der Waals surface area contributed by atoms with Crippen molar-refractivity contribution in [1.29, 1.82) is 0 Å². The van der Waals surface area contributed by atoms with Crippen molar-refractivity contribution in [3.8, 4) is 5.75 Å². The number of nitrogens with zero attached hydrogens (tertiary/aromatic N) is 3.